The summed E-state index contributed by atoms with van der Waals surface area (Å²) < 4.78 is 11.1. The fraction of sp³-hybridized carbons (Fsp3) is 0.125. The lowest BCUT2D eigenvalue weighted by Crippen LogP contribution is -1.97. The van der Waals surface area contributed by atoms with Crippen LogP contribution in [0.4, 0.5) is 0 Å². The van der Waals surface area contributed by atoms with Gasteiger partial charge < -0.3 is 9.47 Å². The fourth-order valence-corrected chi connectivity index (χ4v) is 2.02. The standard InChI is InChI=1S/C16H15BrO2/c1-18-16-11-13(9-10-17)7-8-15(16)19-12-14-5-3-2-4-6-14/h2-11H,12H2,1H3/b10-9+. The summed E-state index contributed by atoms with van der Waals surface area (Å²) in [5.74, 6) is 1.48. The van der Waals surface area contributed by atoms with Crippen LogP contribution in [0.2, 0.25) is 0 Å². The van der Waals surface area contributed by atoms with Crippen LogP contribution < -0.4 is 9.47 Å². The molecule has 0 atom stereocenters. The molecule has 0 saturated heterocycles. The summed E-state index contributed by atoms with van der Waals surface area (Å²) in [6.07, 6.45) is 1.95. The Hall–Kier alpha value is -1.74. The number of methoxy groups -OCH3 is 1. The van der Waals surface area contributed by atoms with E-state index in [2.05, 4.69) is 15.9 Å². The summed E-state index contributed by atoms with van der Waals surface area (Å²) in [7, 11) is 1.65. The molecular weight excluding hydrogens is 304 g/mol. The Morgan fingerprint density at radius 3 is 2.53 bits per heavy atom. The van der Waals surface area contributed by atoms with Crippen molar-refractivity contribution in [3.05, 3.63) is 64.6 Å². The molecule has 0 heterocycles. The van der Waals surface area contributed by atoms with Gasteiger partial charge in [0, 0.05) is 0 Å². The number of halogens is 1. The first-order valence-electron chi connectivity index (χ1n) is 5.95. The van der Waals surface area contributed by atoms with Gasteiger partial charge in [0.2, 0.25) is 0 Å². The molecule has 0 radical (unpaired) electrons. The van der Waals surface area contributed by atoms with E-state index in [-0.39, 0.29) is 0 Å². The van der Waals surface area contributed by atoms with Crippen molar-refractivity contribution in [3.8, 4) is 11.5 Å². The molecular formula is C16H15BrO2. The van der Waals surface area contributed by atoms with Crippen LogP contribution in [0.1, 0.15) is 11.1 Å². The molecule has 0 spiro atoms. The lowest BCUT2D eigenvalue weighted by molar-refractivity contribution is 0.284. The van der Waals surface area contributed by atoms with E-state index >= 15 is 0 Å². The van der Waals surface area contributed by atoms with Crippen molar-refractivity contribution in [2.45, 2.75) is 6.61 Å². The summed E-state index contributed by atoms with van der Waals surface area (Å²) in [6, 6.07) is 15.9. The number of hydrogen-bond acceptors (Lipinski definition) is 2. The minimum atomic E-state index is 0.533. The highest BCUT2D eigenvalue weighted by Crippen LogP contribution is 2.29. The molecule has 19 heavy (non-hydrogen) atoms. The Labute approximate surface area is 121 Å². The third kappa shape index (κ3) is 3.86. The highest BCUT2D eigenvalue weighted by molar-refractivity contribution is 9.11. The van der Waals surface area contributed by atoms with Crippen molar-refractivity contribution in [2.24, 2.45) is 0 Å². The maximum Gasteiger partial charge on any atom is 0.161 e. The third-order valence-electron chi connectivity index (χ3n) is 2.68. The summed E-state index contributed by atoms with van der Waals surface area (Å²) >= 11 is 3.26. The Kier molecular flexibility index (Phi) is 5.04. The molecule has 0 saturated carbocycles. The molecule has 2 aromatic carbocycles. The van der Waals surface area contributed by atoms with Gasteiger partial charge in [-0.05, 0) is 34.3 Å². The number of rotatable bonds is 5. The molecule has 0 fully saturated rings. The van der Waals surface area contributed by atoms with Gasteiger partial charge in [0.15, 0.2) is 11.5 Å². The molecule has 2 rings (SSSR count). The average Bonchev–Trinajstić information content (AvgIpc) is 2.47. The minimum Gasteiger partial charge on any atom is -0.493 e. The second kappa shape index (κ2) is 7.00. The van der Waals surface area contributed by atoms with Gasteiger partial charge in [-0.15, -0.1) is 0 Å². The Morgan fingerprint density at radius 1 is 1.05 bits per heavy atom. The van der Waals surface area contributed by atoms with Gasteiger partial charge in [-0.25, -0.2) is 0 Å². The second-order valence-corrected chi connectivity index (χ2v) is 4.51. The van der Waals surface area contributed by atoms with Crippen LogP contribution in [-0.2, 0) is 6.61 Å². The van der Waals surface area contributed by atoms with Gasteiger partial charge in [-0.3, -0.25) is 0 Å². The number of benzene rings is 2. The van der Waals surface area contributed by atoms with Crippen molar-refractivity contribution in [2.75, 3.05) is 7.11 Å². The zero-order valence-electron chi connectivity index (χ0n) is 10.7. The van der Waals surface area contributed by atoms with E-state index in [4.69, 9.17) is 9.47 Å². The topological polar surface area (TPSA) is 18.5 Å². The van der Waals surface area contributed by atoms with Crippen LogP contribution in [0, 0.1) is 0 Å². The van der Waals surface area contributed by atoms with Crippen molar-refractivity contribution in [1.29, 1.82) is 0 Å². The molecule has 0 aromatic heterocycles. The lowest BCUT2D eigenvalue weighted by atomic mass is 10.2. The van der Waals surface area contributed by atoms with Crippen LogP contribution in [-0.4, -0.2) is 7.11 Å². The van der Waals surface area contributed by atoms with Gasteiger partial charge >= 0.3 is 0 Å². The van der Waals surface area contributed by atoms with E-state index in [1.54, 1.807) is 7.11 Å². The lowest BCUT2D eigenvalue weighted by Gasteiger charge is -2.11. The minimum absolute atomic E-state index is 0.533. The van der Waals surface area contributed by atoms with Crippen molar-refractivity contribution < 1.29 is 9.47 Å². The highest BCUT2D eigenvalue weighted by Gasteiger charge is 2.05. The molecule has 0 aliphatic carbocycles. The van der Waals surface area contributed by atoms with E-state index in [1.807, 2.05) is 59.6 Å². The fourth-order valence-electron chi connectivity index (χ4n) is 1.72. The van der Waals surface area contributed by atoms with Gasteiger partial charge in [0.25, 0.3) is 0 Å². The van der Waals surface area contributed by atoms with Crippen LogP contribution in [0.15, 0.2) is 53.5 Å². The quantitative estimate of drug-likeness (QED) is 0.799. The van der Waals surface area contributed by atoms with Crippen molar-refractivity contribution >= 4 is 22.0 Å². The first-order valence-corrected chi connectivity index (χ1v) is 6.86. The average molecular weight is 319 g/mol. The van der Waals surface area contributed by atoms with Crippen molar-refractivity contribution in [1.82, 2.24) is 0 Å². The van der Waals surface area contributed by atoms with E-state index < -0.39 is 0 Å². The molecule has 0 bridgehead atoms. The molecule has 2 aromatic rings. The number of hydrogen-bond donors (Lipinski definition) is 0. The smallest absolute Gasteiger partial charge is 0.161 e. The van der Waals surface area contributed by atoms with Crippen LogP contribution in [0.3, 0.4) is 0 Å². The first kappa shape index (κ1) is 13.7. The van der Waals surface area contributed by atoms with Gasteiger partial charge in [-0.1, -0.05) is 52.3 Å². The third-order valence-corrected chi connectivity index (χ3v) is 2.94. The Morgan fingerprint density at radius 2 is 1.84 bits per heavy atom. The second-order valence-electron chi connectivity index (χ2n) is 3.98. The van der Waals surface area contributed by atoms with E-state index in [1.165, 1.54) is 0 Å². The summed E-state index contributed by atoms with van der Waals surface area (Å²) in [4.78, 5) is 1.81. The zero-order chi connectivity index (χ0) is 13.5. The largest absolute Gasteiger partial charge is 0.493 e. The van der Waals surface area contributed by atoms with E-state index in [0.717, 1.165) is 22.6 Å². The molecule has 0 amide bonds. The molecule has 98 valence electrons. The molecule has 0 aliphatic rings. The predicted molar refractivity (Wildman–Crippen MR) is 81.7 cm³/mol. The Balaban J connectivity index is 2.11. The van der Waals surface area contributed by atoms with Crippen molar-refractivity contribution in [3.63, 3.8) is 0 Å². The zero-order valence-corrected chi connectivity index (χ0v) is 12.3. The van der Waals surface area contributed by atoms with Gasteiger partial charge in [0.1, 0.15) is 6.61 Å². The SMILES string of the molecule is COc1cc(/C=C/Br)ccc1OCc1ccccc1. The van der Waals surface area contributed by atoms with E-state index in [0.29, 0.717) is 6.61 Å². The molecule has 0 unspecified atom stereocenters. The molecule has 0 aliphatic heterocycles. The monoisotopic (exact) mass is 318 g/mol. The van der Waals surface area contributed by atoms with Gasteiger partial charge in [0.05, 0.1) is 7.11 Å². The summed E-state index contributed by atoms with van der Waals surface area (Å²) in [5.41, 5.74) is 2.19. The molecule has 3 heteroatoms. The van der Waals surface area contributed by atoms with Gasteiger partial charge in [-0.2, -0.15) is 0 Å². The maximum atomic E-state index is 5.79. The highest BCUT2D eigenvalue weighted by atomic mass is 79.9. The van der Waals surface area contributed by atoms with Crippen LogP contribution >= 0.6 is 15.9 Å². The summed E-state index contributed by atoms with van der Waals surface area (Å²) in [6.45, 7) is 0.533. The predicted octanol–water partition coefficient (Wildman–Crippen LogP) is 4.64. The summed E-state index contributed by atoms with van der Waals surface area (Å²) in [5, 5.41) is 0. The normalized spacial score (nSPS) is 10.6. The molecule has 2 nitrogen and oxygen atoms in total. The Bertz CT molecular complexity index is 550. The van der Waals surface area contributed by atoms with E-state index in [9.17, 15) is 0 Å². The maximum absolute atomic E-state index is 5.79. The first-order chi connectivity index (χ1) is 9.33. The van der Waals surface area contributed by atoms with Crippen LogP contribution in [0.5, 0.6) is 11.5 Å². The van der Waals surface area contributed by atoms with Crippen LogP contribution in [0.25, 0.3) is 6.08 Å². The molecule has 0 N–H and O–H groups in total. The number of ether oxygens (including phenoxy) is 2.